The van der Waals surface area contributed by atoms with Crippen LogP contribution in [0.4, 0.5) is 5.82 Å². The van der Waals surface area contributed by atoms with Gasteiger partial charge in [0.25, 0.3) is 0 Å². The van der Waals surface area contributed by atoms with E-state index in [9.17, 15) is 0 Å². The first-order valence-electron chi connectivity index (χ1n) is 8.51. The summed E-state index contributed by atoms with van der Waals surface area (Å²) in [4.78, 5) is 0. The molecule has 0 saturated carbocycles. The highest BCUT2D eigenvalue weighted by atomic mass is 16.5. The first kappa shape index (κ1) is 15.8. The molecule has 3 aromatic rings. The van der Waals surface area contributed by atoms with Crippen molar-refractivity contribution in [2.24, 2.45) is 0 Å². The van der Waals surface area contributed by atoms with Crippen molar-refractivity contribution in [3.8, 4) is 5.82 Å². The van der Waals surface area contributed by atoms with Crippen LogP contribution in [0.1, 0.15) is 29.5 Å². The summed E-state index contributed by atoms with van der Waals surface area (Å²) in [5.74, 6) is 1.47. The second kappa shape index (κ2) is 6.64. The maximum atomic E-state index is 5.91. The zero-order valence-electron chi connectivity index (χ0n) is 14.4. The Hall–Kier alpha value is -2.73. The Morgan fingerprint density at radius 2 is 1.92 bits per heavy atom. The molecule has 1 aliphatic heterocycles. The number of hydrogen-bond acceptors (Lipinski definition) is 5. The molecule has 0 radical (unpaired) electrons. The number of ether oxygens (including phenoxy) is 1. The number of hydrogen-bond donors (Lipinski definition) is 1. The zero-order chi connectivity index (χ0) is 17.2. The molecule has 3 heterocycles. The normalized spacial score (nSPS) is 19.9. The molecule has 2 atom stereocenters. The summed E-state index contributed by atoms with van der Waals surface area (Å²) >= 11 is 0. The van der Waals surface area contributed by atoms with Crippen molar-refractivity contribution in [1.82, 2.24) is 20.0 Å². The first-order chi connectivity index (χ1) is 12.2. The van der Waals surface area contributed by atoms with E-state index in [-0.39, 0.29) is 12.1 Å². The quantitative estimate of drug-likeness (QED) is 0.793. The first-order valence-corrected chi connectivity index (χ1v) is 8.51. The van der Waals surface area contributed by atoms with E-state index < -0.39 is 0 Å². The van der Waals surface area contributed by atoms with Gasteiger partial charge >= 0.3 is 0 Å². The van der Waals surface area contributed by atoms with E-state index in [1.54, 1.807) is 4.68 Å². The minimum absolute atomic E-state index is 0.0404. The molecule has 1 fully saturated rings. The van der Waals surface area contributed by atoms with Crippen LogP contribution < -0.4 is 5.32 Å². The van der Waals surface area contributed by atoms with Gasteiger partial charge in [-0.3, -0.25) is 0 Å². The molecule has 128 valence electrons. The fourth-order valence-electron chi connectivity index (χ4n) is 3.27. The Bertz CT molecular complexity index is 844. The Morgan fingerprint density at radius 1 is 1.08 bits per heavy atom. The predicted octanol–water partition coefficient (Wildman–Crippen LogP) is 3.22. The van der Waals surface area contributed by atoms with E-state index in [0.29, 0.717) is 0 Å². The Morgan fingerprint density at radius 3 is 2.60 bits per heavy atom. The average Bonchev–Trinajstić information content (AvgIpc) is 3.22. The van der Waals surface area contributed by atoms with Crippen LogP contribution in [0.25, 0.3) is 5.82 Å². The molecule has 25 heavy (non-hydrogen) atoms. The molecule has 1 saturated heterocycles. The van der Waals surface area contributed by atoms with E-state index in [0.717, 1.165) is 36.1 Å². The van der Waals surface area contributed by atoms with Gasteiger partial charge in [0.1, 0.15) is 11.9 Å². The minimum Gasteiger partial charge on any atom is -0.371 e. The van der Waals surface area contributed by atoms with Gasteiger partial charge in [0.2, 0.25) is 0 Å². The number of nitrogens with zero attached hydrogens (tertiary/aromatic N) is 4. The lowest BCUT2D eigenvalue weighted by molar-refractivity contribution is 0.107. The summed E-state index contributed by atoms with van der Waals surface area (Å²) in [5.41, 5.74) is 3.20. The fourth-order valence-corrected chi connectivity index (χ4v) is 3.27. The van der Waals surface area contributed by atoms with Gasteiger partial charge in [-0.15, -0.1) is 10.2 Å². The van der Waals surface area contributed by atoms with E-state index >= 15 is 0 Å². The SMILES string of the molecule is Cc1cc(C)n(-c2ccc(N[C@@H]3CCO[C@@H]3c3ccccc3)nn2)n1. The number of aryl methyl sites for hydroxylation is 2. The van der Waals surface area contributed by atoms with Crippen molar-refractivity contribution < 1.29 is 4.74 Å². The van der Waals surface area contributed by atoms with E-state index in [4.69, 9.17) is 4.74 Å². The van der Waals surface area contributed by atoms with Crippen LogP contribution in [-0.4, -0.2) is 32.6 Å². The van der Waals surface area contributed by atoms with Gasteiger partial charge in [0.05, 0.1) is 11.7 Å². The monoisotopic (exact) mass is 335 g/mol. The molecule has 1 N–H and O–H groups in total. The second-order valence-electron chi connectivity index (χ2n) is 6.36. The number of anilines is 1. The van der Waals surface area contributed by atoms with Gasteiger partial charge in [-0.25, -0.2) is 4.68 Å². The second-order valence-corrected chi connectivity index (χ2v) is 6.36. The van der Waals surface area contributed by atoms with Crippen LogP contribution in [0, 0.1) is 13.8 Å². The Balaban J connectivity index is 1.50. The third-order valence-electron chi connectivity index (χ3n) is 4.43. The van der Waals surface area contributed by atoms with Crippen molar-refractivity contribution in [3.63, 3.8) is 0 Å². The average molecular weight is 335 g/mol. The van der Waals surface area contributed by atoms with Crippen molar-refractivity contribution >= 4 is 5.82 Å². The van der Waals surface area contributed by atoms with Crippen LogP contribution in [0.5, 0.6) is 0 Å². The van der Waals surface area contributed by atoms with E-state index in [1.807, 2.05) is 50.2 Å². The summed E-state index contributed by atoms with van der Waals surface area (Å²) in [6.45, 7) is 4.72. The van der Waals surface area contributed by atoms with Crippen LogP contribution in [0.15, 0.2) is 48.5 Å². The molecule has 6 heteroatoms. The summed E-state index contributed by atoms with van der Waals surface area (Å²) in [6.07, 6.45) is 0.985. The smallest absolute Gasteiger partial charge is 0.176 e. The molecule has 6 nitrogen and oxygen atoms in total. The van der Waals surface area contributed by atoms with Crippen LogP contribution >= 0.6 is 0 Å². The molecule has 0 amide bonds. The zero-order valence-corrected chi connectivity index (χ0v) is 14.4. The maximum Gasteiger partial charge on any atom is 0.176 e. The van der Waals surface area contributed by atoms with Crippen molar-refractivity contribution in [2.75, 3.05) is 11.9 Å². The minimum atomic E-state index is 0.0404. The molecule has 0 bridgehead atoms. The predicted molar refractivity (Wildman–Crippen MR) is 95.8 cm³/mol. The largest absolute Gasteiger partial charge is 0.371 e. The summed E-state index contributed by atoms with van der Waals surface area (Å²) in [5, 5.41) is 16.5. The lowest BCUT2D eigenvalue weighted by Crippen LogP contribution is -2.24. The van der Waals surface area contributed by atoms with Crippen molar-refractivity contribution in [1.29, 1.82) is 0 Å². The summed E-state index contributed by atoms with van der Waals surface area (Å²) < 4.78 is 7.71. The highest BCUT2D eigenvalue weighted by molar-refractivity contribution is 5.39. The molecule has 0 unspecified atom stereocenters. The fraction of sp³-hybridized carbons (Fsp3) is 0.316. The highest BCUT2D eigenvalue weighted by Crippen LogP contribution is 2.30. The van der Waals surface area contributed by atoms with Gasteiger partial charge in [-0.2, -0.15) is 5.10 Å². The molecular formula is C19H21N5O. The number of nitrogens with one attached hydrogen (secondary N) is 1. The Labute approximate surface area is 146 Å². The van der Waals surface area contributed by atoms with Gasteiger partial charge < -0.3 is 10.1 Å². The van der Waals surface area contributed by atoms with Gasteiger partial charge in [-0.1, -0.05) is 30.3 Å². The molecule has 1 aromatic carbocycles. The molecular weight excluding hydrogens is 314 g/mol. The third kappa shape index (κ3) is 3.25. The Kier molecular flexibility index (Phi) is 4.19. The molecule has 4 rings (SSSR count). The van der Waals surface area contributed by atoms with Crippen LogP contribution in [-0.2, 0) is 4.74 Å². The van der Waals surface area contributed by atoms with Gasteiger partial charge in [0.15, 0.2) is 5.82 Å². The van der Waals surface area contributed by atoms with Crippen molar-refractivity contribution in [3.05, 3.63) is 65.5 Å². The number of benzene rings is 1. The molecule has 0 spiro atoms. The van der Waals surface area contributed by atoms with Crippen molar-refractivity contribution in [2.45, 2.75) is 32.4 Å². The lowest BCUT2D eigenvalue weighted by atomic mass is 10.0. The third-order valence-corrected chi connectivity index (χ3v) is 4.43. The summed E-state index contributed by atoms with van der Waals surface area (Å²) in [6, 6.07) is 16.4. The molecule has 1 aliphatic rings. The van der Waals surface area contributed by atoms with E-state index in [1.165, 1.54) is 5.56 Å². The lowest BCUT2D eigenvalue weighted by Gasteiger charge is -2.20. The summed E-state index contributed by atoms with van der Waals surface area (Å²) in [7, 11) is 0. The molecule has 0 aliphatic carbocycles. The van der Waals surface area contributed by atoms with E-state index in [2.05, 4.69) is 32.7 Å². The molecule has 2 aromatic heterocycles. The van der Waals surface area contributed by atoms with Gasteiger partial charge in [-0.05, 0) is 44.0 Å². The number of rotatable bonds is 4. The van der Waals surface area contributed by atoms with Crippen LogP contribution in [0.3, 0.4) is 0 Å². The standard InChI is InChI=1S/C19H21N5O/c1-13-12-14(2)24(23-13)18-9-8-17(21-22-18)20-16-10-11-25-19(16)15-6-4-3-5-7-15/h3-9,12,16,19H,10-11H2,1-2H3,(H,20,21)/t16-,19-/m1/s1. The highest BCUT2D eigenvalue weighted by Gasteiger charge is 2.29. The van der Waals surface area contributed by atoms with Gasteiger partial charge in [0, 0.05) is 12.3 Å². The topological polar surface area (TPSA) is 64.9 Å². The number of aromatic nitrogens is 4. The van der Waals surface area contributed by atoms with Crippen LogP contribution in [0.2, 0.25) is 0 Å². The maximum absolute atomic E-state index is 5.91.